The molecule has 0 aromatic heterocycles. The summed E-state index contributed by atoms with van der Waals surface area (Å²) in [6, 6.07) is -0.593. The minimum absolute atomic E-state index is 0.0636. The number of benzene rings is 1. The van der Waals surface area contributed by atoms with Crippen LogP contribution in [0, 0.1) is 0 Å². The van der Waals surface area contributed by atoms with Crippen molar-refractivity contribution in [3.05, 3.63) is 23.3 Å². The summed E-state index contributed by atoms with van der Waals surface area (Å²) < 4.78 is 84.9. The van der Waals surface area contributed by atoms with Crippen LogP contribution in [0.4, 0.5) is 36.8 Å². The second-order valence-corrected chi connectivity index (χ2v) is 13.7. The van der Waals surface area contributed by atoms with Gasteiger partial charge in [-0.3, -0.25) is 4.90 Å². The molecular formula is C19H26F6N2O3Si. The number of amides is 2. The van der Waals surface area contributed by atoms with E-state index in [9.17, 15) is 36.2 Å². The molecule has 0 atom stereocenters. The zero-order valence-corrected chi connectivity index (χ0v) is 18.9. The van der Waals surface area contributed by atoms with Crippen molar-refractivity contribution in [3.8, 4) is 5.75 Å². The smallest absolute Gasteiger partial charge is 0.420 e. The predicted molar refractivity (Wildman–Crippen MR) is 106 cm³/mol. The van der Waals surface area contributed by atoms with Gasteiger partial charge in [0.05, 0.1) is 23.4 Å². The Bertz CT molecular complexity index is 834. The fraction of sp³-hybridized carbons (Fsp3) is 0.632. The largest absolute Gasteiger partial charge is 0.505 e. The topological polar surface area (TPSA) is 53.0 Å². The molecule has 1 saturated heterocycles. The van der Waals surface area contributed by atoms with Crippen LogP contribution in [0.3, 0.4) is 0 Å². The Morgan fingerprint density at radius 2 is 1.61 bits per heavy atom. The number of nitrogens with zero attached hydrogens (tertiary/aromatic N) is 2. The van der Waals surface area contributed by atoms with E-state index in [-0.39, 0.29) is 37.3 Å². The van der Waals surface area contributed by atoms with E-state index >= 15 is 0 Å². The average molecular weight is 473 g/mol. The molecule has 12 heteroatoms. The molecule has 0 radical (unpaired) electrons. The van der Waals surface area contributed by atoms with Crippen LogP contribution in [0.1, 0.15) is 31.9 Å². The van der Waals surface area contributed by atoms with E-state index in [1.54, 1.807) is 0 Å². The third kappa shape index (κ3) is 5.46. The number of anilines is 1. The molecule has 2 rings (SSSR count). The van der Waals surface area contributed by atoms with E-state index in [1.807, 2.05) is 33.9 Å². The van der Waals surface area contributed by atoms with Gasteiger partial charge in [-0.15, -0.1) is 0 Å². The summed E-state index contributed by atoms with van der Waals surface area (Å²) in [5.41, 5.74) is -4.26. The summed E-state index contributed by atoms with van der Waals surface area (Å²) in [6.07, 6.45) is -10.3. The predicted octanol–water partition coefficient (Wildman–Crippen LogP) is 5.69. The standard InChI is InChI=1S/C19H26F6N2O3Si/c1-17(2,3)31(4,5)30-9-8-26-6-7-27(16(26)29)14-11-12(18(20,21)22)10-13(15(14)28)19(23,24)25/h10-11,28H,6-9H2,1-5H3. The van der Waals surface area contributed by atoms with E-state index < -0.39 is 49.3 Å². The summed E-state index contributed by atoms with van der Waals surface area (Å²) in [5, 5.41) is 9.97. The fourth-order valence-electron chi connectivity index (χ4n) is 2.85. The Labute approximate surface area is 177 Å². The van der Waals surface area contributed by atoms with Crippen molar-refractivity contribution in [2.45, 2.75) is 51.3 Å². The average Bonchev–Trinajstić information content (AvgIpc) is 2.92. The van der Waals surface area contributed by atoms with E-state index in [2.05, 4.69) is 0 Å². The molecule has 1 N–H and O–H groups in total. The van der Waals surface area contributed by atoms with Crippen LogP contribution >= 0.6 is 0 Å². The molecule has 2 amide bonds. The van der Waals surface area contributed by atoms with Gasteiger partial charge in [0.2, 0.25) is 0 Å². The van der Waals surface area contributed by atoms with Crippen LogP contribution in [-0.2, 0) is 16.8 Å². The van der Waals surface area contributed by atoms with Crippen molar-refractivity contribution in [3.63, 3.8) is 0 Å². The highest BCUT2D eigenvalue weighted by molar-refractivity contribution is 6.74. The molecule has 5 nitrogen and oxygen atoms in total. The molecule has 0 saturated carbocycles. The van der Waals surface area contributed by atoms with Gasteiger partial charge in [0.1, 0.15) is 0 Å². The first-order valence-electron chi connectivity index (χ1n) is 9.58. The molecule has 0 unspecified atom stereocenters. The number of aromatic hydroxyl groups is 1. The third-order valence-corrected chi connectivity index (χ3v) is 10.3. The summed E-state index contributed by atoms with van der Waals surface area (Å²) in [7, 11) is -2.09. The van der Waals surface area contributed by atoms with Crippen LogP contribution in [0.25, 0.3) is 0 Å². The maximum atomic E-state index is 13.2. The number of hydrogen-bond acceptors (Lipinski definition) is 3. The van der Waals surface area contributed by atoms with Gasteiger partial charge in [-0.1, -0.05) is 20.8 Å². The number of phenolic OH excluding ortho intramolecular Hbond substituents is 1. The highest BCUT2D eigenvalue weighted by Gasteiger charge is 2.43. The number of alkyl halides is 6. The van der Waals surface area contributed by atoms with Crippen LogP contribution in [0.2, 0.25) is 18.1 Å². The van der Waals surface area contributed by atoms with Gasteiger partial charge in [-0.05, 0) is 30.3 Å². The maximum absolute atomic E-state index is 13.2. The Kier molecular flexibility index (Phi) is 6.69. The minimum atomic E-state index is -5.22. The first kappa shape index (κ1) is 25.3. The summed E-state index contributed by atoms with van der Waals surface area (Å²) in [6.45, 7) is 10.4. The molecule has 1 aliphatic heterocycles. The van der Waals surface area contributed by atoms with E-state index in [0.717, 1.165) is 4.90 Å². The van der Waals surface area contributed by atoms with Crippen molar-refractivity contribution in [2.24, 2.45) is 0 Å². The van der Waals surface area contributed by atoms with Crippen molar-refractivity contribution >= 4 is 20.0 Å². The number of carbonyl (C=O) groups excluding carboxylic acids is 1. The zero-order valence-electron chi connectivity index (χ0n) is 17.9. The number of urea groups is 1. The number of rotatable bonds is 5. The van der Waals surface area contributed by atoms with Gasteiger partial charge in [0, 0.05) is 19.6 Å². The number of carbonyl (C=O) groups is 1. The molecule has 31 heavy (non-hydrogen) atoms. The van der Waals surface area contributed by atoms with Gasteiger partial charge in [0.25, 0.3) is 0 Å². The molecule has 1 aromatic rings. The SMILES string of the molecule is CC(C)(C)[Si](C)(C)OCCN1CCN(c2cc(C(F)(F)F)cc(C(F)(F)F)c2O)C1=O. The zero-order chi connectivity index (χ0) is 24.0. The maximum Gasteiger partial charge on any atom is 0.420 e. The first-order chi connectivity index (χ1) is 13.9. The highest BCUT2D eigenvalue weighted by atomic mass is 28.4. The van der Waals surface area contributed by atoms with Gasteiger partial charge < -0.3 is 14.4 Å². The lowest BCUT2D eigenvalue weighted by atomic mass is 10.1. The van der Waals surface area contributed by atoms with Crippen molar-refractivity contribution in [1.29, 1.82) is 0 Å². The molecule has 176 valence electrons. The first-order valence-corrected chi connectivity index (χ1v) is 12.5. The quantitative estimate of drug-likeness (QED) is 0.442. The molecule has 1 heterocycles. The third-order valence-electron chi connectivity index (χ3n) is 5.74. The minimum Gasteiger partial charge on any atom is -0.505 e. The van der Waals surface area contributed by atoms with Crippen LogP contribution in [-0.4, -0.2) is 50.6 Å². The molecule has 1 aliphatic rings. The summed E-state index contributed by atoms with van der Waals surface area (Å²) in [4.78, 5) is 14.7. The normalized spacial score (nSPS) is 16.4. The van der Waals surface area contributed by atoms with Crippen molar-refractivity contribution in [1.82, 2.24) is 4.90 Å². The Hall–Kier alpha value is -1.95. The van der Waals surface area contributed by atoms with E-state index in [0.29, 0.717) is 6.07 Å². The number of hydrogen-bond donors (Lipinski definition) is 1. The second-order valence-electron chi connectivity index (χ2n) is 8.92. The highest BCUT2D eigenvalue weighted by Crippen LogP contribution is 2.46. The Balaban J connectivity index is 2.26. The number of phenols is 1. The van der Waals surface area contributed by atoms with Gasteiger partial charge in [-0.25, -0.2) is 4.79 Å². The molecular weight excluding hydrogens is 446 g/mol. The lowest BCUT2D eigenvalue weighted by Crippen LogP contribution is -2.43. The molecule has 0 bridgehead atoms. The number of halogens is 6. The second kappa shape index (κ2) is 8.19. The summed E-state index contributed by atoms with van der Waals surface area (Å²) in [5.74, 6) is -1.41. The van der Waals surface area contributed by atoms with Crippen LogP contribution in [0.15, 0.2) is 12.1 Å². The fourth-order valence-corrected chi connectivity index (χ4v) is 3.88. The van der Waals surface area contributed by atoms with Gasteiger partial charge in [0.15, 0.2) is 14.1 Å². The Morgan fingerprint density at radius 1 is 1.03 bits per heavy atom. The van der Waals surface area contributed by atoms with Crippen molar-refractivity contribution < 1.29 is 40.7 Å². The Morgan fingerprint density at radius 3 is 2.10 bits per heavy atom. The molecule has 1 aromatic carbocycles. The molecule has 1 fully saturated rings. The van der Waals surface area contributed by atoms with Gasteiger partial charge >= 0.3 is 18.4 Å². The lowest BCUT2D eigenvalue weighted by molar-refractivity contribution is -0.143. The van der Waals surface area contributed by atoms with E-state index in [1.165, 1.54) is 4.90 Å². The van der Waals surface area contributed by atoms with Crippen LogP contribution < -0.4 is 4.90 Å². The van der Waals surface area contributed by atoms with Gasteiger partial charge in [-0.2, -0.15) is 26.3 Å². The lowest BCUT2D eigenvalue weighted by Gasteiger charge is -2.36. The van der Waals surface area contributed by atoms with Crippen molar-refractivity contribution in [2.75, 3.05) is 31.1 Å². The monoisotopic (exact) mass is 472 g/mol. The van der Waals surface area contributed by atoms with Crippen LogP contribution in [0.5, 0.6) is 5.75 Å². The summed E-state index contributed by atoms with van der Waals surface area (Å²) >= 11 is 0. The molecule has 0 spiro atoms. The molecule has 0 aliphatic carbocycles. The van der Waals surface area contributed by atoms with E-state index in [4.69, 9.17) is 4.43 Å².